The predicted molar refractivity (Wildman–Crippen MR) is 35.0 cm³/mol. The van der Waals surface area contributed by atoms with Crippen molar-refractivity contribution in [3.05, 3.63) is 0 Å². The van der Waals surface area contributed by atoms with Crippen LogP contribution in [0.25, 0.3) is 0 Å². The zero-order valence-corrected chi connectivity index (χ0v) is 6.39. The molecule has 1 unspecified atom stereocenters. The highest BCUT2D eigenvalue weighted by Gasteiger charge is 2.09. The van der Waals surface area contributed by atoms with Gasteiger partial charge in [-0.25, -0.2) is 5.48 Å². The minimum atomic E-state index is -0.538. The van der Waals surface area contributed by atoms with E-state index in [0.717, 1.165) is 0 Å². The highest BCUT2D eigenvalue weighted by molar-refractivity contribution is 7.23. The molecule has 0 aromatic carbocycles. The van der Waals surface area contributed by atoms with Crippen molar-refractivity contribution in [2.75, 3.05) is 6.29 Å². The predicted octanol–water partition coefficient (Wildman–Crippen LogP) is -0.281. The van der Waals surface area contributed by atoms with Gasteiger partial charge in [-0.1, -0.05) is 0 Å². The molecular formula is C4H9N2O3P. The van der Waals surface area contributed by atoms with Crippen LogP contribution in [0.3, 0.4) is 0 Å². The van der Waals surface area contributed by atoms with Gasteiger partial charge in [0.15, 0.2) is 8.46 Å². The van der Waals surface area contributed by atoms with Gasteiger partial charge in [0, 0.05) is 0 Å². The van der Waals surface area contributed by atoms with E-state index in [4.69, 9.17) is 5.21 Å². The lowest BCUT2D eigenvalue weighted by Crippen LogP contribution is -2.40. The molecule has 0 aliphatic heterocycles. The van der Waals surface area contributed by atoms with Gasteiger partial charge in [-0.05, 0) is 6.92 Å². The minimum absolute atomic E-state index is 0.0715. The molecule has 0 fully saturated rings. The van der Waals surface area contributed by atoms with Crippen molar-refractivity contribution in [2.24, 2.45) is 0 Å². The Balaban J connectivity index is 3.50. The lowest BCUT2D eigenvalue weighted by molar-refractivity contribution is -0.130. The normalized spacial score (nSPS) is 13.0. The number of hydrogen-bond acceptors (Lipinski definition) is 4. The Morgan fingerprint density at radius 1 is 1.80 bits per heavy atom. The van der Waals surface area contributed by atoms with Crippen LogP contribution in [-0.2, 0) is 9.36 Å². The first-order valence-corrected chi connectivity index (χ1v) is 3.68. The zero-order chi connectivity index (χ0) is 7.98. The summed E-state index contributed by atoms with van der Waals surface area (Å²) in [6.07, 6.45) is 0.203. The molecule has 1 atom stereocenters. The minimum Gasteiger partial charge on any atom is -0.296 e. The second-order valence-electron chi connectivity index (χ2n) is 1.69. The summed E-state index contributed by atoms with van der Waals surface area (Å²) < 4.78 is 9.86. The molecule has 5 nitrogen and oxygen atoms in total. The van der Waals surface area contributed by atoms with Crippen LogP contribution in [0.4, 0.5) is 0 Å². The average Bonchev–Trinajstić information content (AvgIpc) is 1.98. The molecule has 0 aliphatic carbocycles. The molecule has 1 amide bonds. The summed E-state index contributed by atoms with van der Waals surface area (Å²) in [6.45, 7) is 1.55. The highest BCUT2D eigenvalue weighted by atomic mass is 31.1. The Labute approximate surface area is 60.0 Å². The molecule has 0 aromatic heterocycles. The molecular weight excluding hydrogens is 155 g/mol. The number of hydroxylamine groups is 1. The largest absolute Gasteiger partial charge is 0.296 e. The van der Waals surface area contributed by atoms with Crippen LogP contribution in [0.5, 0.6) is 0 Å². The zero-order valence-electron chi connectivity index (χ0n) is 5.50. The van der Waals surface area contributed by atoms with E-state index in [1.165, 1.54) is 5.48 Å². The van der Waals surface area contributed by atoms with E-state index in [0.29, 0.717) is 0 Å². The Morgan fingerprint density at radius 2 is 2.40 bits per heavy atom. The van der Waals surface area contributed by atoms with E-state index in [1.54, 1.807) is 6.92 Å². The third-order valence-electron chi connectivity index (χ3n) is 0.965. The summed E-state index contributed by atoms with van der Waals surface area (Å²) in [4.78, 5) is 10.5. The van der Waals surface area contributed by atoms with Crippen molar-refractivity contribution in [3.8, 4) is 0 Å². The van der Waals surface area contributed by atoms with E-state index in [1.807, 2.05) is 0 Å². The van der Waals surface area contributed by atoms with Crippen LogP contribution in [0.15, 0.2) is 0 Å². The fourth-order valence-electron chi connectivity index (χ4n) is 0.364. The van der Waals surface area contributed by atoms with Crippen molar-refractivity contribution < 1.29 is 14.6 Å². The van der Waals surface area contributed by atoms with E-state index in [2.05, 4.69) is 5.32 Å². The van der Waals surface area contributed by atoms with Gasteiger partial charge in [0.2, 0.25) is 0 Å². The maximum absolute atomic E-state index is 10.5. The molecule has 0 heterocycles. The third-order valence-corrected chi connectivity index (χ3v) is 1.28. The fraction of sp³-hybridized carbons (Fsp3) is 0.750. The van der Waals surface area contributed by atoms with Crippen molar-refractivity contribution in [1.29, 1.82) is 0 Å². The molecule has 58 valence electrons. The summed E-state index contributed by atoms with van der Waals surface area (Å²) >= 11 is 0. The molecule has 0 saturated carbocycles. The summed E-state index contributed by atoms with van der Waals surface area (Å²) in [5.41, 5.74) is 1.47. The van der Waals surface area contributed by atoms with Crippen LogP contribution in [-0.4, -0.2) is 23.4 Å². The van der Waals surface area contributed by atoms with E-state index < -0.39 is 11.9 Å². The van der Waals surface area contributed by atoms with Crippen LogP contribution >= 0.6 is 8.46 Å². The van der Waals surface area contributed by atoms with Crippen LogP contribution in [0.2, 0.25) is 0 Å². The van der Waals surface area contributed by atoms with Crippen LogP contribution in [0, 0.1) is 0 Å². The van der Waals surface area contributed by atoms with Gasteiger partial charge < -0.3 is 0 Å². The number of amides is 1. The Hall–Kier alpha value is -0.510. The van der Waals surface area contributed by atoms with Crippen molar-refractivity contribution in [1.82, 2.24) is 10.8 Å². The summed E-state index contributed by atoms with van der Waals surface area (Å²) in [5, 5.41) is 10.7. The lowest BCUT2D eigenvalue weighted by Gasteiger charge is -2.06. The number of rotatable bonds is 4. The Bertz CT molecular complexity index is 130. The molecule has 10 heavy (non-hydrogen) atoms. The number of carbonyl (C=O) groups is 1. The first-order valence-electron chi connectivity index (χ1n) is 2.68. The van der Waals surface area contributed by atoms with Crippen molar-refractivity contribution in [3.63, 3.8) is 0 Å². The topological polar surface area (TPSA) is 78.4 Å². The molecule has 0 bridgehead atoms. The van der Waals surface area contributed by atoms with Gasteiger partial charge in [-0.3, -0.25) is 19.9 Å². The quantitative estimate of drug-likeness (QED) is 0.303. The number of hydrogen-bond donors (Lipinski definition) is 3. The van der Waals surface area contributed by atoms with Gasteiger partial charge in [0.05, 0.1) is 12.3 Å². The highest BCUT2D eigenvalue weighted by Crippen LogP contribution is 1.88. The van der Waals surface area contributed by atoms with Crippen molar-refractivity contribution >= 4 is 14.4 Å². The second-order valence-corrected chi connectivity index (χ2v) is 2.26. The molecule has 0 aromatic rings. The first-order chi connectivity index (χ1) is 4.72. The van der Waals surface area contributed by atoms with Crippen molar-refractivity contribution in [2.45, 2.75) is 13.0 Å². The van der Waals surface area contributed by atoms with E-state index >= 15 is 0 Å². The summed E-state index contributed by atoms with van der Waals surface area (Å²) in [7, 11) is -0.0715. The fourth-order valence-corrected chi connectivity index (χ4v) is 0.712. The Kier molecular flexibility index (Phi) is 5.02. The SMILES string of the molecule is CC(NCP=O)C(=O)NO. The monoisotopic (exact) mass is 164 g/mol. The molecule has 0 aliphatic rings. The van der Waals surface area contributed by atoms with Gasteiger partial charge in [-0.2, -0.15) is 0 Å². The average molecular weight is 164 g/mol. The van der Waals surface area contributed by atoms with Gasteiger partial charge in [-0.15, -0.1) is 0 Å². The molecule has 0 spiro atoms. The summed E-state index contributed by atoms with van der Waals surface area (Å²) in [6, 6.07) is -0.522. The molecule has 0 saturated heterocycles. The van der Waals surface area contributed by atoms with Gasteiger partial charge in [0.1, 0.15) is 0 Å². The van der Waals surface area contributed by atoms with Crippen LogP contribution < -0.4 is 10.8 Å². The maximum atomic E-state index is 10.5. The maximum Gasteiger partial charge on any atom is 0.260 e. The van der Waals surface area contributed by atoms with Gasteiger partial charge >= 0.3 is 0 Å². The lowest BCUT2D eigenvalue weighted by atomic mass is 10.3. The molecule has 3 N–H and O–H groups in total. The smallest absolute Gasteiger partial charge is 0.260 e. The second kappa shape index (κ2) is 5.29. The number of nitrogens with one attached hydrogen (secondary N) is 2. The first kappa shape index (κ1) is 9.49. The molecule has 0 rings (SSSR count). The number of carbonyl (C=O) groups excluding carboxylic acids is 1. The van der Waals surface area contributed by atoms with E-state index in [-0.39, 0.29) is 14.7 Å². The van der Waals surface area contributed by atoms with E-state index in [9.17, 15) is 9.36 Å². The molecule has 6 heteroatoms. The van der Waals surface area contributed by atoms with Gasteiger partial charge in [0.25, 0.3) is 5.91 Å². The standard InChI is InChI=1S/C4H9N2O3P/c1-3(4(7)6-8)5-2-10-9/h3,5,8H,2H2,1H3,(H,6,7). The van der Waals surface area contributed by atoms with Crippen LogP contribution in [0.1, 0.15) is 6.92 Å². The molecule has 0 radical (unpaired) electrons. The summed E-state index contributed by atoms with van der Waals surface area (Å²) in [5.74, 6) is -0.538. The third kappa shape index (κ3) is 3.50. The Morgan fingerprint density at radius 3 is 2.80 bits per heavy atom.